The van der Waals surface area contributed by atoms with Crippen molar-refractivity contribution in [3.63, 3.8) is 0 Å². The molecule has 2 aliphatic rings. The van der Waals surface area contributed by atoms with Crippen LogP contribution in [0, 0.1) is 0 Å². The first-order valence-corrected chi connectivity index (χ1v) is 27.2. The summed E-state index contributed by atoms with van der Waals surface area (Å²) < 4.78 is 1.38. The molecule has 0 heterocycles. The average Bonchev–Trinajstić information content (AvgIpc) is 3.59. The Morgan fingerprint density at radius 3 is 1.32 bits per heavy atom. The van der Waals surface area contributed by atoms with Gasteiger partial charge < -0.3 is 0 Å². The molecule has 0 amide bonds. The Balaban J connectivity index is 1.53. The van der Waals surface area contributed by atoms with Gasteiger partial charge in [-0.2, -0.15) is 0 Å². The molecule has 4 aromatic carbocycles. The second-order valence-corrected chi connectivity index (χ2v) is 33.2. The molecule has 0 aromatic heterocycles. The van der Waals surface area contributed by atoms with E-state index in [-0.39, 0.29) is 0 Å². The minimum absolute atomic E-state index is 0.690. The zero-order valence-electron chi connectivity index (χ0n) is 27.7. The van der Waals surface area contributed by atoms with Crippen LogP contribution in [0.1, 0.15) is 94.0 Å². The van der Waals surface area contributed by atoms with Crippen molar-refractivity contribution in [2.45, 2.75) is 86.6 Å². The van der Waals surface area contributed by atoms with Crippen LogP contribution >= 0.6 is 0 Å². The van der Waals surface area contributed by atoms with E-state index in [1.807, 2.05) is 0 Å². The fourth-order valence-corrected chi connectivity index (χ4v) is 31.1. The summed E-state index contributed by atoms with van der Waals surface area (Å²) in [6, 6.07) is 32.8. The van der Waals surface area contributed by atoms with E-state index in [9.17, 15) is 0 Å². The van der Waals surface area contributed by atoms with Crippen molar-refractivity contribution in [3.8, 4) is 22.3 Å². The van der Waals surface area contributed by atoms with Gasteiger partial charge in [-0.3, -0.25) is 0 Å². The van der Waals surface area contributed by atoms with Crippen molar-refractivity contribution in [3.05, 3.63) is 129 Å². The molecule has 44 heavy (non-hydrogen) atoms. The molecule has 2 heteroatoms. The van der Waals surface area contributed by atoms with Gasteiger partial charge in [0, 0.05) is 0 Å². The Hall–Kier alpha value is -2.54. The van der Waals surface area contributed by atoms with Crippen LogP contribution in [-0.4, -0.2) is 5.92 Å². The monoisotopic (exact) mass is 671 g/mol. The summed E-state index contributed by atoms with van der Waals surface area (Å²) in [6.07, 6.45) is 12.4. The quantitative estimate of drug-likeness (QED) is 0.139. The van der Waals surface area contributed by atoms with Gasteiger partial charge in [-0.15, -0.1) is 0 Å². The van der Waals surface area contributed by atoms with Crippen molar-refractivity contribution in [2.75, 3.05) is 0 Å². The molecule has 6 rings (SSSR count). The van der Waals surface area contributed by atoms with Gasteiger partial charge in [-0.1, -0.05) is 0 Å². The van der Waals surface area contributed by atoms with Crippen LogP contribution in [0.25, 0.3) is 34.4 Å². The molecule has 0 bridgehead atoms. The molecule has 0 N–H and O–H groups in total. The summed E-state index contributed by atoms with van der Waals surface area (Å²) >= 11 is -2.15. The van der Waals surface area contributed by atoms with E-state index >= 15 is 0 Å². The van der Waals surface area contributed by atoms with Crippen molar-refractivity contribution < 1.29 is 20.9 Å². The molecule has 2 unspecified atom stereocenters. The third kappa shape index (κ3) is 5.67. The number of hydrogen-bond acceptors (Lipinski definition) is 0. The fourth-order valence-electron chi connectivity index (χ4n) is 8.21. The number of allylic oxidation sites excluding steroid dienone is 2. The molecular formula is C42H49SiZr. The normalized spacial score (nSPS) is 17.0. The van der Waals surface area contributed by atoms with Gasteiger partial charge in [0.1, 0.15) is 0 Å². The standard InChI is InChI=1S/2C20H21.C2H7Si.Zr/c2*1-3-8-15-13-17-10-7-12-19(20(17)14-15)18-11-6-5-9-16(18)4-2;1-3-2;/h2*5-7,9-14H,3-4,8H2,1-2H3;3H,1-2H3;. The van der Waals surface area contributed by atoms with Crippen LogP contribution in [0.5, 0.6) is 0 Å². The summed E-state index contributed by atoms with van der Waals surface area (Å²) in [7, 11) is 0. The molecule has 0 nitrogen and oxygen atoms in total. The van der Waals surface area contributed by atoms with E-state index < -0.39 is 26.8 Å². The molecule has 0 spiro atoms. The third-order valence-corrected chi connectivity index (χ3v) is 31.8. The van der Waals surface area contributed by atoms with Gasteiger partial charge in [0.2, 0.25) is 0 Å². The van der Waals surface area contributed by atoms with E-state index in [2.05, 4.69) is 138 Å². The molecule has 4 aromatic rings. The minimum atomic E-state index is -2.15. The number of hydrogen-bond donors (Lipinski definition) is 0. The predicted octanol–water partition coefficient (Wildman–Crippen LogP) is 11.9. The van der Waals surface area contributed by atoms with Crippen molar-refractivity contribution in [1.29, 1.82) is 0 Å². The topological polar surface area (TPSA) is 0 Å². The van der Waals surface area contributed by atoms with Crippen molar-refractivity contribution in [2.24, 2.45) is 0 Å². The van der Waals surface area contributed by atoms with Gasteiger partial charge in [0.05, 0.1) is 0 Å². The molecule has 0 saturated heterocycles. The molecule has 0 aliphatic heterocycles. The summed E-state index contributed by atoms with van der Waals surface area (Å²) in [5.74, 6) is -0.932. The van der Waals surface area contributed by atoms with Crippen LogP contribution in [0.4, 0.5) is 0 Å². The third-order valence-electron chi connectivity index (χ3n) is 10.1. The Morgan fingerprint density at radius 1 is 0.523 bits per heavy atom. The summed E-state index contributed by atoms with van der Waals surface area (Å²) in [4.78, 5) is 0. The van der Waals surface area contributed by atoms with Gasteiger partial charge in [-0.05, 0) is 0 Å². The van der Waals surface area contributed by atoms with E-state index in [0.717, 1.165) is 12.8 Å². The first-order chi connectivity index (χ1) is 21.5. The first-order valence-electron chi connectivity index (χ1n) is 17.2. The second kappa shape index (κ2) is 13.8. The SMILES string of the molecule is CCCC1=Cc2c(-c3ccccc3CC)cccc2[CH]1[Zr]([CH]1C(CCC)=Cc2c(-c3ccccc3CC)cccc21)[SiH](C)C. The van der Waals surface area contributed by atoms with Crippen LogP contribution in [-0.2, 0) is 33.8 Å². The average molecular weight is 673 g/mol. The van der Waals surface area contributed by atoms with Crippen LogP contribution < -0.4 is 0 Å². The predicted molar refractivity (Wildman–Crippen MR) is 193 cm³/mol. The first kappa shape index (κ1) is 31.4. The van der Waals surface area contributed by atoms with Gasteiger partial charge >= 0.3 is 277 Å². The zero-order valence-corrected chi connectivity index (χ0v) is 31.3. The maximum atomic E-state index is 2.71. The Bertz CT molecular complexity index is 1580. The summed E-state index contributed by atoms with van der Waals surface area (Å²) in [5, 5.41) is 0. The number of fused-ring (bicyclic) bond motifs is 2. The van der Waals surface area contributed by atoms with Crippen LogP contribution in [0.2, 0.25) is 13.1 Å². The van der Waals surface area contributed by atoms with Crippen LogP contribution in [0.3, 0.4) is 0 Å². The van der Waals surface area contributed by atoms with Crippen molar-refractivity contribution in [1.82, 2.24) is 0 Å². The molecule has 0 fully saturated rings. The van der Waals surface area contributed by atoms with E-state index in [1.165, 1.54) is 59.1 Å². The Morgan fingerprint density at radius 2 is 0.932 bits per heavy atom. The fraction of sp³-hybridized carbons (Fsp3) is 0.333. The molecular weight excluding hydrogens is 624 g/mol. The molecule has 2 atom stereocenters. The Labute approximate surface area is 275 Å². The summed E-state index contributed by atoms with van der Waals surface area (Å²) in [6.45, 7) is 14.8. The number of aryl methyl sites for hydroxylation is 2. The van der Waals surface area contributed by atoms with Gasteiger partial charge in [0.25, 0.3) is 0 Å². The Kier molecular flexibility index (Phi) is 9.89. The molecule has 2 aliphatic carbocycles. The van der Waals surface area contributed by atoms with Gasteiger partial charge in [-0.25, -0.2) is 0 Å². The molecule has 225 valence electrons. The molecule has 0 radical (unpaired) electrons. The summed E-state index contributed by atoms with van der Waals surface area (Å²) in [5.41, 5.74) is 18.7. The zero-order chi connectivity index (χ0) is 30.8. The van der Waals surface area contributed by atoms with E-state index in [4.69, 9.17) is 0 Å². The number of benzene rings is 4. The second-order valence-electron chi connectivity index (χ2n) is 13.1. The van der Waals surface area contributed by atoms with E-state index in [1.54, 1.807) is 33.4 Å². The number of rotatable bonds is 11. The van der Waals surface area contributed by atoms with Crippen LogP contribution in [0.15, 0.2) is 96.1 Å². The van der Waals surface area contributed by atoms with Crippen molar-refractivity contribution >= 4 is 18.1 Å². The maximum absolute atomic E-state index is 2.71. The molecule has 0 saturated carbocycles. The van der Waals surface area contributed by atoms with E-state index in [0.29, 0.717) is 7.25 Å². The van der Waals surface area contributed by atoms with Gasteiger partial charge in [0.15, 0.2) is 0 Å².